The van der Waals surface area contributed by atoms with Gasteiger partial charge in [-0.25, -0.2) is 0 Å². The summed E-state index contributed by atoms with van der Waals surface area (Å²) in [7, 11) is 0. The fourth-order valence-corrected chi connectivity index (χ4v) is 4.11. The molecule has 7 heteroatoms. The molecule has 0 N–H and O–H groups in total. The molecule has 6 nitrogen and oxygen atoms in total. The Balaban J connectivity index is 1.31. The van der Waals surface area contributed by atoms with Crippen LogP contribution in [0.5, 0.6) is 0 Å². The van der Waals surface area contributed by atoms with E-state index >= 15 is 0 Å². The maximum Gasteiger partial charge on any atom is 0.228 e. The predicted molar refractivity (Wildman–Crippen MR) is 101 cm³/mol. The molecule has 1 aromatic carbocycles. The molecule has 3 aliphatic rings. The van der Waals surface area contributed by atoms with Crippen LogP contribution in [0.3, 0.4) is 0 Å². The molecule has 2 aliphatic heterocycles. The molecule has 1 saturated carbocycles. The molecule has 1 aliphatic carbocycles. The van der Waals surface area contributed by atoms with E-state index in [0.29, 0.717) is 44.3 Å². The van der Waals surface area contributed by atoms with Crippen LogP contribution in [0.1, 0.15) is 24.8 Å². The fraction of sp³-hybridized carbons (Fsp3) is 0.550. The molecule has 0 spiro atoms. The Morgan fingerprint density at radius 2 is 1.56 bits per heavy atom. The molecule has 2 saturated heterocycles. The van der Waals surface area contributed by atoms with Crippen LogP contribution in [-0.4, -0.2) is 65.1 Å². The highest BCUT2D eigenvalue weighted by Gasteiger charge is 2.39. The Hall–Kier alpha value is -2.08. The van der Waals surface area contributed by atoms with E-state index in [4.69, 9.17) is 11.6 Å². The topological polar surface area (TPSA) is 60.9 Å². The summed E-state index contributed by atoms with van der Waals surface area (Å²) in [6, 6.07) is 7.47. The Kier molecular flexibility index (Phi) is 5.08. The molecule has 4 rings (SSSR count). The van der Waals surface area contributed by atoms with Gasteiger partial charge in [0.2, 0.25) is 17.7 Å². The summed E-state index contributed by atoms with van der Waals surface area (Å²) < 4.78 is 0. The molecule has 1 aromatic rings. The van der Waals surface area contributed by atoms with Crippen molar-refractivity contribution in [1.82, 2.24) is 14.7 Å². The van der Waals surface area contributed by atoms with E-state index in [1.54, 1.807) is 4.90 Å². The monoisotopic (exact) mass is 389 g/mol. The van der Waals surface area contributed by atoms with Gasteiger partial charge in [-0.2, -0.15) is 0 Å². The summed E-state index contributed by atoms with van der Waals surface area (Å²) in [4.78, 5) is 42.8. The number of halogens is 1. The van der Waals surface area contributed by atoms with Gasteiger partial charge in [0.1, 0.15) is 0 Å². The van der Waals surface area contributed by atoms with Gasteiger partial charge in [0.25, 0.3) is 0 Å². The largest absolute Gasteiger partial charge is 0.339 e. The highest BCUT2D eigenvalue weighted by atomic mass is 35.5. The smallest absolute Gasteiger partial charge is 0.228 e. The van der Waals surface area contributed by atoms with Crippen LogP contribution in [0.15, 0.2) is 24.3 Å². The van der Waals surface area contributed by atoms with Gasteiger partial charge in [-0.3, -0.25) is 14.4 Å². The molecule has 3 amide bonds. The summed E-state index contributed by atoms with van der Waals surface area (Å²) >= 11 is 6.19. The third-order valence-electron chi connectivity index (χ3n) is 5.71. The van der Waals surface area contributed by atoms with Gasteiger partial charge in [-0.05, 0) is 24.5 Å². The summed E-state index contributed by atoms with van der Waals surface area (Å²) in [5, 5.41) is 0.636. The van der Waals surface area contributed by atoms with Gasteiger partial charge in [-0.15, -0.1) is 0 Å². The second-order valence-corrected chi connectivity index (χ2v) is 8.10. The van der Waals surface area contributed by atoms with Gasteiger partial charge in [0.15, 0.2) is 0 Å². The van der Waals surface area contributed by atoms with E-state index in [2.05, 4.69) is 0 Å². The van der Waals surface area contributed by atoms with Crippen LogP contribution < -0.4 is 0 Å². The van der Waals surface area contributed by atoms with E-state index in [-0.39, 0.29) is 36.0 Å². The fourth-order valence-electron chi connectivity index (χ4n) is 3.92. The van der Waals surface area contributed by atoms with Crippen molar-refractivity contribution in [2.24, 2.45) is 11.8 Å². The summed E-state index contributed by atoms with van der Waals surface area (Å²) in [6.07, 6.45) is 2.26. The lowest BCUT2D eigenvalue weighted by molar-refractivity contribution is -0.142. The van der Waals surface area contributed by atoms with Crippen molar-refractivity contribution in [1.29, 1.82) is 0 Å². The molecule has 0 aromatic heterocycles. The third kappa shape index (κ3) is 3.95. The van der Waals surface area contributed by atoms with Crippen LogP contribution in [0.25, 0.3) is 0 Å². The molecular weight excluding hydrogens is 366 g/mol. The second kappa shape index (κ2) is 7.50. The lowest BCUT2D eigenvalue weighted by Gasteiger charge is -2.36. The Bertz CT molecular complexity index is 757. The van der Waals surface area contributed by atoms with E-state index < -0.39 is 0 Å². The molecule has 0 unspecified atom stereocenters. The number of nitrogens with zero attached hydrogens (tertiary/aromatic N) is 3. The first-order chi connectivity index (χ1) is 13.0. The van der Waals surface area contributed by atoms with Crippen LogP contribution in [-0.2, 0) is 20.9 Å². The van der Waals surface area contributed by atoms with Crippen molar-refractivity contribution in [3.8, 4) is 0 Å². The van der Waals surface area contributed by atoms with Crippen molar-refractivity contribution in [2.75, 3.05) is 32.7 Å². The number of carbonyl (C=O) groups is 3. The number of piperazine rings is 1. The quantitative estimate of drug-likeness (QED) is 0.788. The lowest BCUT2D eigenvalue weighted by Crippen LogP contribution is -2.52. The second-order valence-electron chi connectivity index (χ2n) is 7.69. The van der Waals surface area contributed by atoms with Gasteiger partial charge < -0.3 is 14.7 Å². The number of hydrogen-bond acceptors (Lipinski definition) is 3. The Morgan fingerprint density at radius 1 is 0.963 bits per heavy atom. The number of amides is 3. The number of hydrogen-bond donors (Lipinski definition) is 0. The lowest BCUT2D eigenvalue weighted by atomic mass is 10.1. The first kappa shape index (κ1) is 18.3. The van der Waals surface area contributed by atoms with Gasteiger partial charge in [-0.1, -0.05) is 29.8 Å². The Labute approximate surface area is 164 Å². The van der Waals surface area contributed by atoms with E-state index in [9.17, 15) is 14.4 Å². The van der Waals surface area contributed by atoms with E-state index in [1.165, 1.54) is 0 Å². The number of rotatable bonds is 4. The normalized spacial score (nSPS) is 23.1. The zero-order valence-electron chi connectivity index (χ0n) is 15.3. The van der Waals surface area contributed by atoms with Gasteiger partial charge >= 0.3 is 0 Å². The van der Waals surface area contributed by atoms with Crippen LogP contribution >= 0.6 is 11.6 Å². The predicted octanol–water partition coefficient (Wildman–Crippen LogP) is 1.77. The minimum absolute atomic E-state index is 0.00387. The van der Waals surface area contributed by atoms with Crippen LogP contribution in [0.2, 0.25) is 5.02 Å². The molecule has 1 atom stereocenters. The van der Waals surface area contributed by atoms with Crippen molar-refractivity contribution in [2.45, 2.75) is 25.8 Å². The van der Waals surface area contributed by atoms with Crippen LogP contribution in [0, 0.1) is 11.8 Å². The molecule has 0 bridgehead atoms. The van der Waals surface area contributed by atoms with Crippen molar-refractivity contribution >= 4 is 29.3 Å². The van der Waals surface area contributed by atoms with Gasteiger partial charge in [0.05, 0.1) is 5.92 Å². The zero-order valence-corrected chi connectivity index (χ0v) is 16.0. The molecule has 144 valence electrons. The molecule has 27 heavy (non-hydrogen) atoms. The maximum absolute atomic E-state index is 12.9. The number of likely N-dealkylation sites (tertiary alicyclic amines) is 1. The number of carbonyl (C=O) groups excluding carboxylic acids is 3. The van der Waals surface area contributed by atoms with Crippen molar-refractivity contribution < 1.29 is 14.4 Å². The van der Waals surface area contributed by atoms with Crippen molar-refractivity contribution in [3.05, 3.63) is 34.9 Å². The molecule has 3 fully saturated rings. The minimum atomic E-state index is -0.300. The first-order valence-electron chi connectivity index (χ1n) is 9.61. The summed E-state index contributed by atoms with van der Waals surface area (Å²) in [5.41, 5.74) is 0.896. The van der Waals surface area contributed by atoms with E-state index in [0.717, 1.165) is 18.4 Å². The highest BCUT2D eigenvalue weighted by molar-refractivity contribution is 6.31. The zero-order chi connectivity index (χ0) is 19.0. The Morgan fingerprint density at radius 3 is 2.15 bits per heavy atom. The molecule has 0 radical (unpaired) electrons. The van der Waals surface area contributed by atoms with Gasteiger partial charge in [0, 0.05) is 56.6 Å². The SMILES string of the molecule is O=C1C[C@@H](C(=O)N2CCN(C(=O)C3CC3)CC2)CN1Cc1ccccc1Cl. The standard InChI is InChI=1S/C20H24ClN3O3/c21-17-4-2-1-3-15(17)12-24-13-16(11-18(24)25)20(27)23-9-7-22(8-10-23)19(26)14-5-6-14/h1-4,14,16H,5-13H2/t16-/m1/s1. The molecule has 2 heterocycles. The summed E-state index contributed by atoms with van der Waals surface area (Å²) in [5.74, 6) is 0.187. The third-order valence-corrected chi connectivity index (χ3v) is 6.08. The average molecular weight is 390 g/mol. The molecular formula is C20H24ClN3O3. The average Bonchev–Trinajstić information content (AvgIpc) is 3.47. The maximum atomic E-state index is 12.9. The van der Waals surface area contributed by atoms with Crippen molar-refractivity contribution in [3.63, 3.8) is 0 Å². The summed E-state index contributed by atoms with van der Waals surface area (Å²) in [6.45, 7) is 3.20. The number of benzene rings is 1. The van der Waals surface area contributed by atoms with E-state index in [1.807, 2.05) is 34.1 Å². The first-order valence-corrected chi connectivity index (χ1v) is 9.99. The van der Waals surface area contributed by atoms with Crippen LogP contribution in [0.4, 0.5) is 0 Å². The highest BCUT2D eigenvalue weighted by Crippen LogP contribution is 2.31. The minimum Gasteiger partial charge on any atom is -0.339 e.